The lowest BCUT2D eigenvalue weighted by molar-refractivity contribution is -0.121. The molecular weight excluding hydrogens is 1550 g/mol. The molecule has 14 heterocycles. The van der Waals surface area contributed by atoms with Gasteiger partial charge in [-0.05, 0) is 140 Å². The van der Waals surface area contributed by atoms with Gasteiger partial charge in [0.1, 0.15) is 17.5 Å². The van der Waals surface area contributed by atoms with Gasteiger partial charge in [-0.25, -0.2) is 58.5 Å². The van der Waals surface area contributed by atoms with Crippen molar-refractivity contribution in [3.63, 3.8) is 0 Å². The van der Waals surface area contributed by atoms with Crippen LogP contribution in [0, 0.1) is 17.5 Å². The monoisotopic (exact) mass is 1610 g/mol. The fourth-order valence-corrected chi connectivity index (χ4v) is 10.9. The van der Waals surface area contributed by atoms with Gasteiger partial charge in [0.05, 0.1) is 60.9 Å². The third kappa shape index (κ3) is 19.0. The molecule has 0 atom stereocenters. The topological polar surface area (TPSA) is 477 Å². The molecule has 602 valence electrons. The molecule has 0 spiro atoms. The third-order valence-electron chi connectivity index (χ3n) is 16.2. The molecule has 0 saturated heterocycles. The molecule has 14 aromatic heterocycles. The number of aromatic nitrogens is 10. The number of rotatable bonds is 18. The number of carbonyl (C=O) groups is 5. The third-order valence-corrected chi connectivity index (χ3v) is 16.2. The SMILES string of the molecule is CCOC(=O)c1oc2cccnc2c1O.CCOC(=O)c1oc2cccnc2c1OC.COc1c(-c2nnc(Cc3ccc(F)cc3)o2)oc2cccnc12.COc1c(C(=O)NN)oc2cccnc12.COc1c(C(=O)NNC(=O)Cc2ccc(F)cc2)oc2cccnc12.Oc1c(-c2nnc(Cc3ccc(F)cc3)o2)oc2cccnc12. The van der Waals surface area contributed by atoms with Crippen molar-refractivity contribution in [1.82, 2.24) is 66.6 Å². The van der Waals surface area contributed by atoms with Gasteiger partial charge < -0.3 is 74.0 Å². The fraction of sp³-hybridized carbons (Fsp3) is 0.138. The number of halogens is 3. The highest BCUT2D eigenvalue weighted by Gasteiger charge is 2.29. The maximum atomic E-state index is 13.0. The number of aromatic hydroxyl groups is 2. The van der Waals surface area contributed by atoms with Gasteiger partial charge in [-0.2, -0.15) is 0 Å². The van der Waals surface area contributed by atoms with Gasteiger partial charge >= 0.3 is 23.8 Å². The first-order valence-electron chi connectivity index (χ1n) is 34.9. The summed E-state index contributed by atoms with van der Waals surface area (Å²) in [7, 11) is 5.81. The number of furan rings is 6. The number of nitrogens with two attached hydrogens (primary N) is 1. The van der Waals surface area contributed by atoms with Crippen molar-refractivity contribution in [1.29, 1.82) is 0 Å². The van der Waals surface area contributed by atoms with Gasteiger partial charge in [-0.1, -0.05) is 36.4 Å². The Bertz CT molecular complexity index is 6360. The number of esters is 2. The van der Waals surface area contributed by atoms with E-state index < -0.39 is 29.7 Å². The van der Waals surface area contributed by atoms with Crippen LogP contribution < -0.4 is 41.1 Å². The fourth-order valence-electron chi connectivity index (χ4n) is 10.9. The van der Waals surface area contributed by atoms with Crippen molar-refractivity contribution in [2.45, 2.75) is 33.1 Å². The summed E-state index contributed by atoms with van der Waals surface area (Å²) in [6.07, 6.45) is 10.2. The minimum absolute atomic E-state index is 0.0145. The molecule has 7 N–H and O–H groups in total. The number of amides is 3. The Morgan fingerprint density at radius 1 is 0.381 bits per heavy atom. The number of ether oxygens (including phenoxy) is 6. The molecule has 3 aromatic carbocycles. The first-order chi connectivity index (χ1) is 57.3. The van der Waals surface area contributed by atoms with Crippen LogP contribution in [-0.2, 0) is 33.5 Å². The van der Waals surface area contributed by atoms with Crippen LogP contribution in [0.25, 0.3) is 89.9 Å². The summed E-state index contributed by atoms with van der Waals surface area (Å²) in [6, 6.07) is 38.0. The Hall–Kier alpha value is -16.0. The number of pyridine rings is 6. The Morgan fingerprint density at radius 2 is 0.720 bits per heavy atom. The smallest absolute Gasteiger partial charge is 0.378 e. The van der Waals surface area contributed by atoms with E-state index in [1.165, 1.54) is 83.2 Å². The number of hydrazine groups is 2. The second-order valence-electron chi connectivity index (χ2n) is 23.8. The molecule has 35 nitrogen and oxygen atoms in total. The normalized spacial score (nSPS) is 10.7. The number of carbonyl (C=O) groups excluding carboxylic acids is 5. The number of benzene rings is 3. The first kappa shape index (κ1) is 81.5. The molecule has 38 heteroatoms. The predicted octanol–water partition coefficient (Wildman–Crippen LogP) is 13.1. The molecule has 0 aliphatic carbocycles. The molecule has 0 bridgehead atoms. The van der Waals surface area contributed by atoms with Gasteiger partial charge in [0, 0.05) is 37.2 Å². The first-order valence-corrected chi connectivity index (χ1v) is 34.9. The van der Waals surface area contributed by atoms with E-state index in [9.17, 15) is 47.4 Å². The number of hydrogen-bond donors (Lipinski definition) is 6. The van der Waals surface area contributed by atoms with Crippen LogP contribution >= 0.6 is 0 Å². The van der Waals surface area contributed by atoms with Gasteiger partial charge in [-0.3, -0.25) is 30.7 Å². The molecule has 3 amide bonds. The highest BCUT2D eigenvalue weighted by Crippen LogP contribution is 2.40. The van der Waals surface area contributed by atoms with Crippen LogP contribution in [0.2, 0.25) is 0 Å². The van der Waals surface area contributed by atoms with Crippen molar-refractivity contribution in [2.75, 3.05) is 41.7 Å². The van der Waals surface area contributed by atoms with E-state index in [4.69, 9.17) is 69.6 Å². The highest BCUT2D eigenvalue weighted by atomic mass is 19.1. The van der Waals surface area contributed by atoms with Gasteiger partial charge in [0.25, 0.3) is 23.3 Å². The number of nitrogen functional groups attached to an aromatic ring is 1. The summed E-state index contributed by atoms with van der Waals surface area (Å²) in [5, 5.41) is 35.6. The molecule has 0 saturated carbocycles. The summed E-state index contributed by atoms with van der Waals surface area (Å²) < 4.78 is 113. The summed E-state index contributed by atoms with van der Waals surface area (Å²) in [5.41, 5.74) is 14.2. The average molecular weight is 1620 g/mol. The van der Waals surface area contributed by atoms with Crippen molar-refractivity contribution in [2.24, 2.45) is 5.84 Å². The number of fused-ring (bicyclic) bond motifs is 6. The Balaban J connectivity index is 0.000000132. The zero-order chi connectivity index (χ0) is 83.4. The van der Waals surface area contributed by atoms with Crippen LogP contribution in [0.1, 0.15) is 84.5 Å². The van der Waals surface area contributed by atoms with E-state index in [1.54, 1.807) is 142 Å². The van der Waals surface area contributed by atoms with Gasteiger partial charge in [-0.15, -0.1) is 20.4 Å². The minimum Gasteiger partial charge on any atom is -0.503 e. The number of nitrogens with zero attached hydrogens (tertiary/aromatic N) is 10. The zero-order valence-corrected chi connectivity index (χ0v) is 62.7. The summed E-state index contributed by atoms with van der Waals surface area (Å²) in [6.45, 7) is 3.91. The van der Waals surface area contributed by atoms with Gasteiger partial charge in [0.2, 0.25) is 40.7 Å². The Morgan fingerprint density at radius 3 is 1.14 bits per heavy atom. The number of methoxy groups -OCH3 is 4. The van der Waals surface area contributed by atoms with E-state index in [0.29, 0.717) is 109 Å². The van der Waals surface area contributed by atoms with E-state index in [-0.39, 0.29) is 106 Å². The average Bonchev–Trinajstić information content (AvgIpc) is 1.64. The molecule has 0 aliphatic heterocycles. The van der Waals surface area contributed by atoms with Crippen molar-refractivity contribution in [3.8, 4) is 57.8 Å². The number of nitrogens with one attached hydrogen (secondary N) is 3. The summed E-state index contributed by atoms with van der Waals surface area (Å²) in [5.74, 6) is 3.12. The molecular formula is C80H65F3N14O21. The van der Waals surface area contributed by atoms with Crippen LogP contribution in [-0.4, -0.2) is 132 Å². The van der Waals surface area contributed by atoms with E-state index in [1.807, 2.05) is 5.43 Å². The summed E-state index contributed by atoms with van der Waals surface area (Å²) in [4.78, 5) is 82.7. The predicted molar refractivity (Wildman–Crippen MR) is 408 cm³/mol. The highest BCUT2D eigenvalue weighted by molar-refractivity contribution is 6.02. The standard InChI is InChI=1S/C17H14FN3O4.C17H12FN3O3.C16H10FN3O3.C11H11NO4.C10H9NO4.C9H9N3O3/c1-24-15-14-12(3-2-8-19-14)25-16(15)17(23)21-20-13(22)9-10-4-6-11(18)7-5-10;1-22-15-14-12(3-2-8-19-14)23-16(15)17-21-20-13(24-17)9-10-4-6-11(18)7-5-10;17-10-5-3-9(4-6-10)8-12-19-20-16(23-12)15-14(21)13-11(22-15)2-1-7-18-13;1-3-15-11(13)10-9(14-2)8-7(16-10)5-4-6-12-8;1-2-14-10(13)9-8(12)7-6(15-9)4-3-5-11-7;1-14-7-6-5(3-2-4-11-6)15-8(7)9(13)12-10/h2-8H,9H2,1H3,(H,20,22)(H,21,23);2-8H,9H2,1H3;1-7,21H,8H2;4-6H,3H2,1-2H3;3-5,12H,2H2,1H3;2-4H,10H2,1H3,(H,12,13). The number of hydrogen-bond acceptors (Lipinski definition) is 32. The molecule has 0 fully saturated rings. The van der Waals surface area contributed by atoms with E-state index in [2.05, 4.69) is 61.2 Å². The molecule has 17 aromatic rings. The molecule has 17 rings (SSSR count). The maximum absolute atomic E-state index is 13.0. The minimum atomic E-state index is -0.687. The lowest BCUT2D eigenvalue weighted by Gasteiger charge is -2.07. The van der Waals surface area contributed by atoms with Crippen molar-refractivity contribution in [3.05, 3.63) is 252 Å². The second kappa shape index (κ2) is 38.0. The molecule has 0 radical (unpaired) electrons. The lowest BCUT2D eigenvalue weighted by atomic mass is 10.1. The summed E-state index contributed by atoms with van der Waals surface area (Å²) >= 11 is 0. The Kier molecular flexibility index (Phi) is 26.2. The van der Waals surface area contributed by atoms with Crippen molar-refractivity contribution < 1.29 is 111 Å². The molecule has 118 heavy (non-hydrogen) atoms. The quantitative estimate of drug-likeness (QED) is 0.0201. The van der Waals surface area contributed by atoms with Gasteiger partial charge in [0.15, 0.2) is 101 Å². The Labute approximate surface area is 661 Å². The molecule has 0 unspecified atom stereocenters. The maximum Gasteiger partial charge on any atom is 0.378 e. The van der Waals surface area contributed by atoms with Crippen LogP contribution in [0.15, 0.2) is 218 Å². The van der Waals surface area contributed by atoms with E-state index in [0.717, 1.165) is 11.1 Å². The van der Waals surface area contributed by atoms with E-state index >= 15 is 0 Å². The van der Waals surface area contributed by atoms with Crippen LogP contribution in [0.3, 0.4) is 0 Å². The molecule has 0 aliphatic rings. The van der Waals surface area contributed by atoms with Crippen LogP contribution in [0.5, 0.6) is 34.5 Å². The largest absolute Gasteiger partial charge is 0.503 e. The van der Waals surface area contributed by atoms with Crippen molar-refractivity contribution >= 4 is 96.3 Å². The zero-order valence-electron chi connectivity index (χ0n) is 62.7. The van der Waals surface area contributed by atoms with Crippen LogP contribution in [0.4, 0.5) is 13.2 Å². The lowest BCUT2D eigenvalue weighted by Crippen LogP contribution is -2.42. The second-order valence-corrected chi connectivity index (χ2v) is 23.8.